The summed E-state index contributed by atoms with van der Waals surface area (Å²) in [6.07, 6.45) is 1.85. The maximum Gasteiger partial charge on any atom is 0.270 e. The summed E-state index contributed by atoms with van der Waals surface area (Å²) < 4.78 is 1.98. The van der Waals surface area contributed by atoms with E-state index in [9.17, 15) is 4.79 Å². The molecule has 4 nitrogen and oxygen atoms in total. The SMILES string of the molecule is CC1C2CNCC2CN1C(=O)c1cc(Cl)cn1C(C)C. The van der Waals surface area contributed by atoms with Gasteiger partial charge < -0.3 is 14.8 Å². The van der Waals surface area contributed by atoms with Gasteiger partial charge in [-0.1, -0.05) is 11.6 Å². The van der Waals surface area contributed by atoms with Gasteiger partial charge in [-0.25, -0.2) is 0 Å². The van der Waals surface area contributed by atoms with Gasteiger partial charge >= 0.3 is 0 Å². The molecule has 2 saturated heterocycles. The summed E-state index contributed by atoms with van der Waals surface area (Å²) >= 11 is 6.09. The van der Waals surface area contributed by atoms with E-state index >= 15 is 0 Å². The molecule has 0 bridgehead atoms. The van der Waals surface area contributed by atoms with Crippen LogP contribution in [-0.4, -0.2) is 41.1 Å². The maximum absolute atomic E-state index is 12.9. The number of hydrogen-bond donors (Lipinski definition) is 1. The number of carbonyl (C=O) groups is 1. The Labute approximate surface area is 125 Å². The second kappa shape index (κ2) is 5.08. The van der Waals surface area contributed by atoms with Gasteiger partial charge in [0.15, 0.2) is 0 Å². The van der Waals surface area contributed by atoms with E-state index in [0.717, 1.165) is 19.6 Å². The molecule has 3 atom stereocenters. The van der Waals surface area contributed by atoms with Gasteiger partial charge in [0, 0.05) is 37.9 Å². The average Bonchev–Trinajstić information content (AvgIpc) is 3.05. The minimum Gasteiger partial charge on any atom is -0.339 e. The van der Waals surface area contributed by atoms with E-state index in [1.807, 2.05) is 15.7 Å². The molecule has 1 aromatic heterocycles. The normalized spacial score (nSPS) is 29.2. The van der Waals surface area contributed by atoms with Gasteiger partial charge in [0.2, 0.25) is 0 Å². The number of hydrogen-bond acceptors (Lipinski definition) is 2. The zero-order valence-corrected chi connectivity index (χ0v) is 13.0. The van der Waals surface area contributed by atoms with E-state index in [1.54, 1.807) is 6.07 Å². The van der Waals surface area contributed by atoms with E-state index in [1.165, 1.54) is 0 Å². The van der Waals surface area contributed by atoms with Crippen LogP contribution in [0.1, 0.15) is 37.3 Å². The number of nitrogens with zero attached hydrogens (tertiary/aromatic N) is 2. The second-order valence-corrected chi connectivity index (χ2v) is 6.76. The van der Waals surface area contributed by atoms with Crippen molar-refractivity contribution in [1.29, 1.82) is 0 Å². The van der Waals surface area contributed by atoms with Crippen molar-refractivity contribution in [2.75, 3.05) is 19.6 Å². The minimum absolute atomic E-state index is 0.118. The van der Waals surface area contributed by atoms with E-state index in [-0.39, 0.29) is 11.9 Å². The van der Waals surface area contributed by atoms with Crippen LogP contribution in [0.2, 0.25) is 5.02 Å². The van der Waals surface area contributed by atoms with Crippen LogP contribution in [0.5, 0.6) is 0 Å². The van der Waals surface area contributed by atoms with E-state index in [4.69, 9.17) is 11.6 Å². The second-order valence-electron chi connectivity index (χ2n) is 6.32. The Kier molecular flexibility index (Phi) is 3.55. The molecule has 110 valence electrons. The lowest BCUT2D eigenvalue weighted by atomic mass is 9.95. The first-order valence-electron chi connectivity index (χ1n) is 7.38. The van der Waals surface area contributed by atoms with Crippen molar-refractivity contribution in [1.82, 2.24) is 14.8 Å². The van der Waals surface area contributed by atoms with Crippen LogP contribution in [0.25, 0.3) is 0 Å². The van der Waals surface area contributed by atoms with Crippen LogP contribution in [0, 0.1) is 11.8 Å². The minimum atomic E-state index is 0.118. The van der Waals surface area contributed by atoms with Crippen molar-refractivity contribution in [3.8, 4) is 0 Å². The summed E-state index contributed by atoms with van der Waals surface area (Å²) in [7, 11) is 0. The molecule has 2 aliphatic rings. The number of amides is 1. The fourth-order valence-corrected chi connectivity index (χ4v) is 3.84. The molecular weight excluding hydrogens is 274 g/mol. The van der Waals surface area contributed by atoms with Crippen molar-refractivity contribution in [3.05, 3.63) is 23.0 Å². The third-order valence-corrected chi connectivity index (χ3v) is 4.99. The molecule has 0 saturated carbocycles. The zero-order valence-electron chi connectivity index (χ0n) is 12.3. The number of halogens is 1. The van der Waals surface area contributed by atoms with Crippen molar-refractivity contribution in [3.63, 3.8) is 0 Å². The lowest BCUT2D eigenvalue weighted by molar-refractivity contribution is 0.0716. The highest BCUT2D eigenvalue weighted by molar-refractivity contribution is 6.31. The van der Waals surface area contributed by atoms with Gasteiger partial charge in [-0.15, -0.1) is 0 Å². The average molecular weight is 296 g/mol. The molecule has 1 aromatic rings. The van der Waals surface area contributed by atoms with E-state index < -0.39 is 0 Å². The van der Waals surface area contributed by atoms with Crippen LogP contribution in [0.15, 0.2) is 12.3 Å². The summed E-state index contributed by atoms with van der Waals surface area (Å²) in [6, 6.07) is 2.33. The van der Waals surface area contributed by atoms with Crippen molar-refractivity contribution < 1.29 is 4.79 Å². The summed E-state index contributed by atoms with van der Waals surface area (Å²) in [5.74, 6) is 1.32. The fourth-order valence-electron chi connectivity index (χ4n) is 3.63. The van der Waals surface area contributed by atoms with Crippen molar-refractivity contribution >= 4 is 17.5 Å². The third kappa shape index (κ3) is 2.15. The summed E-state index contributed by atoms with van der Waals surface area (Å²) in [5, 5.41) is 4.06. The monoisotopic (exact) mass is 295 g/mol. The van der Waals surface area contributed by atoms with Gasteiger partial charge in [-0.3, -0.25) is 4.79 Å². The van der Waals surface area contributed by atoms with Crippen LogP contribution in [-0.2, 0) is 0 Å². The first-order valence-corrected chi connectivity index (χ1v) is 7.76. The fraction of sp³-hybridized carbons (Fsp3) is 0.667. The topological polar surface area (TPSA) is 37.3 Å². The van der Waals surface area contributed by atoms with Crippen LogP contribution < -0.4 is 5.32 Å². The highest BCUT2D eigenvalue weighted by Crippen LogP contribution is 2.34. The summed E-state index contributed by atoms with van der Waals surface area (Å²) in [5.41, 5.74) is 0.713. The highest BCUT2D eigenvalue weighted by atomic mass is 35.5. The number of aromatic nitrogens is 1. The van der Waals surface area contributed by atoms with Crippen LogP contribution in [0.3, 0.4) is 0 Å². The Balaban J connectivity index is 1.86. The predicted octanol–water partition coefficient (Wildman–Crippen LogP) is 2.40. The third-order valence-electron chi connectivity index (χ3n) is 4.79. The Bertz CT molecular complexity index is 525. The van der Waals surface area contributed by atoms with Gasteiger partial charge in [0.25, 0.3) is 5.91 Å². The maximum atomic E-state index is 12.9. The van der Waals surface area contributed by atoms with E-state index in [0.29, 0.717) is 28.6 Å². The number of fused-ring (bicyclic) bond motifs is 1. The van der Waals surface area contributed by atoms with Gasteiger partial charge in [0.1, 0.15) is 5.69 Å². The van der Waals surface area contributed by atoms with Crippen molar-refractivity contribution in [2.24, 2.45) is 11.8 Å². The largest absolute Gasteiger partial charge is 0.339 e. The van der Waals surface area contributed by atoms with E-state index in [2.05, 4.69) is 26.1 Å². The molecule has 1 N–H and O–H groups in total. The molecule has 0 aliphatic carbocycles. The number of rotatable bonds is 2. The van der Waals surface area contributed by atoms with Gasteiger partial charge in [-0.2, -0.15) is 0 Å². The van der Waals surface area contributed by atoms with Gasteiger partial charge in [-0.05, 0) is 38.7 Å². The number of likely N-dealkylation sites (tertiary alicyclic amines) is 1. The highest BCUT2D eigenvalue weighted by Gasteiger charge is 2.44. The van der Waals surface area contributed by atoms with Crippen LogP contribution in [0.4, 0.5) is 0 Å². The molecule has 2 fully saturated rings. The zero-order chi connectivity index (χ0) is 14.4. The molecule has 0 spiro atoms. The first kappa shape index (κ1) is 14.0. The number of nitrogens with one attached hydrogen (secondary N) is 1. The molecule has 3 rings (SSSR count). The molecule has 2 aliphatic heterocycles. The Morgan fingerprint density at radius 2 is 2.20 bits per heavy atom. The van der Waals surface area contributed by atoms with Crippen LogP contribution >= 0.6 is 11.6 Å². The predicted molar refractivity (Wildman–Crippen MR) is 80.2 cm³/mol. The molecule has 0 radical (unpaired) electrons. The number of carbonyl (C=O) groups excluding carboxylic acids is 1. The molecule has 20 heavy (non-hydrogen) atoms. The lowest BCUT2D eigenvalue weighted by Gasteiger charge is -2.25. The summed E-state index contributed by atoms with van der Waals surface area (Å²) in [6.45, 7) is 9.23. The lowest BCUT2D eigenvalue weighted by Crippen LogP contribution is -2.39. The summed E-state index contributed by atoms with van der Waals surface area (Å²) in [4.78, 5) is 14.9. The molecular formula is C15H22ClN3O. The Hall–Kier alpha value is -1.00. The van der Waals surface area contributed by atoms with Gasteiger partial charge in [0.05, 0.1) is 5.02 Å². The van der Waals surface area contributed by atoms with Crippen molar-refractivity contribution in [2.45, 2.75) is 32.9 Å². The molecule has 3 heterocycles. The molecule has 0 aromatic carbocycles. The quantitative estimate of drug-likeness (QED) is 0.910. The molecule has 1 amide bonds. The Morgan fingerprint density at radius 1 is 1.45 bits per heavy atom. The standard InChI is InChI=1S/C15H22ClN3O/c1-9(2)18-8-12(16)4-14(18)15(20)19-7-11-5-17-6-13(11)10(19)3/h4,8-11,13,17H,5-7H2,1-3H3. The Morgan fingerprint density at radius 3 is 2.85 bits per heavy atom. The molecule has 3 unspecified atom stereocenters. The molecule has 5 heteroatoms. The first-order chi connectivity index (χ1) is 9.49. The smallest absolute Gasteiger partial charge is 0.270 e.